The van der Waals surface area contributed by atoms with Crippen molar-refractivity contribution in [2.24, 2.45) is 0 Å². The number of ether oxygens (including phenoxy) is 2. The number of halogens is 1. The molecule has 0 radical (unpaired) electrons. The number of hydrogen-bond acceptors (Lipinski definition) is 3. The molecular weight excluding hydrogens is 272 g/mol. The van der Waals surface area contributed by atoms with Crippen molar-refractivity contribution in [3.05, 3.63) is 22.2 Å². The highest BCUT2D eigenvalue weighted by molar-refractivity contribution is 9.10. The molecule has 1 aromatic rings. The van der Waals surface area contributed by atoms with E-state index >= 15 is 0 Å². The molecule has 1 aliphatic rings. The van der Waals surface area contributed by atoms with Gasteiger partial charge in [0, 0.05) is 11.6 Å². The van der Waals surface area contributed by atoms with Crippen molar-refractivity contribution < 1.29 is 14.6 Å². The van der Waals surface area contributed by atoms with Crippen LogP contribution in [0.1, 0.15) is 25.3 Å². The van der Waals surface area contributed by atoms with E-state index in [1.807, 2.05) is 19.1 Å². The van der Waals surface area contributed by atoms with Crippen LogP contribution in [0.4, 0.5) is 0 Å². The second-order valence-electron chi connectivity index (χ2n) is 3.95. The third-order valence-corrected chi connectivity index (χ3v) is 3.40. The lowest BCUT2D eigenvalue weighted by molar-refractivity contribution is 0.146. The van der Waals surface area contributed by atoms with Gasteiger partial charge in [-0.05, 0) is 41.8 Å². The van der Waals surface area contributed by atoms with Crippen LogP contribution in [0.2, 0.25) is 0 Å². The van der Waals surface area contributed by atoms with E-state index < -0.39 is 5.60 Å². The summed E-state index contributed by atoms with van der Waals surface area (Å²) in [5.74, 6) is 1.43. The van der Waals surface area contributed by atoms with Gasteiger partial charge in [0.2, 0.25) is 0 Å². The molecule has 0 amide bonds. The largest absolute Gasteiger partial charge is 0.495 e. The van der Waals surface area contributed by atoms with Crippen LogP contribution in [0.5, 0.6) is 11.5 Å². The third-order valence-electron chi connectivity index (χ3n) is 2.78. The van der Waals surface area contributed by atoms with Crippen molar-refractivity contribution in [1.29, 1.82) is 0 Å². The summed E-state index contributed by atoms with van der Waals surface area (Å²) < 4.78 is 11.6. The van der Waals surface area contributed by atoms with Gasteiger partial charge in [0.25, 0.3) is 0 Å². The van der Waals surface area contributed by atoms with E-state index in [-0.39, 0.29) is 0 Å². The predicted molar refractivity (Wildman–Crippen MR) is 65.0 cm³/mol. The van der Waals surface area contributed by atoms with Crippen LogP contribution in [0.25, 0.3) is 0 Å². The second-order valence-corrected chi connectivity index (χ2v) is 4.80. The molecule has 2 rings (SSSR count). The normalized spacial score (nSPS) is 17.0. The fourth-order valence-electron chi connectivity index (χ4n) is 1.72. The first-order valence-electron chi connectivity index (χ1n) is 5.34. The van der Waals surface area contributed by atoms with Gasteiger partial charge in [-0.25, -0.2) is 0 Å². The standard InChI is InChI=1S/C12H15BrO3/c1-3-16-10-7-11(15-2)9(13)6-8(10)12(14)4-5-12/h6-7,14H,3-5H2,1-2H3. The van der Waals surface area contributed by atoms with Gasteiger partial charge in [0.05, 0.1) is 23.8 Å². The van der Waals surface area contributed by atoms with E-state index in [0.717, 1.165) is 28.6 Å². The molecule has 88 valence electrons. The van der Waals surface area contributed by atoms with E-state index in [4.69, 9.17) is 9.47 Å². The molecule has 0 aliphatic heterocycles. The monoisotopic (exact) mass is 286 g/mol. The summed E-state index contributed by atoms with van der Waals surface area (Å²) in [6.07, 6.45) is 1.59. The van der Waals surface area contributed by atoms with Crippen molar-refractivity contribution in [1.82, 2.24) is 0 Å². The number of methoxy groups -OCH3 is 1. The molecule has 1 saturated carbocycles. The zero-order valence-corrected chi connectivity index (χ0v) is 11.0. The van der Waals surface area contributed by atoms with Gasteiger partial charge in [-0.15, -0.1) is 0 Å². The Kier molecular flexibility index (Phi) is 3.13. The Bertz CT molecular complexity index is 399. The molecular formula is C12H15BrO3. The van der Waals surface area contributed by atoms with Gasteiger partial charge in [-0.2, -0.15) is 0 Å². The number of hydrogen-bond donors (Lipinski definition) is 1. The third kappa shape index (κ3) is 2.04. The van der Waals surface area contributed by atoms with Crippen LogP contribution in [0.15, 0.2) is 16.6 Å². The maximum Gasteiger partial charge on any atom is 0.136 e. The Balaban J connectivity index is 2.45. The fraction of sp³-hybridized carbons (Fsp3) is 0.500. The number of aliphatic hydroxyl groups is 1. The van der Waals surface area contributed by atoms with E-state index in [2.05, 4.69) is 15.9 Å². The average molecular weight is 287 g/mol. The summed E-state index contributed by atoms with van der Waals surface area (Å²) >= 11 is 3.42. The lowest BCUT2D eigenvalue weighted by Gasteiger charge is -2.16. The van der Waals surface area contributed by atoms with Gasteiger partial charge in [0.1, 0.15) is 11.5 Å². The molecule has 0 atom stereocenters. The smallest absolute Gasteiger partial charge is 0.136 e. The fourth-order valence-corrected chi connectivity index (χ4v) is 2.22. The minimum atomic E-state index is -0.695. The zero-order valence-electron chi connectivity index (χ0n) is 9.42. The predicted octanol–water partition coefficient (Wildman–Crippen LogP) is 2.84. The minimum absolute atomic E-state index is 0.577. The van der Waals surface area contributed by atoms with Gasteiger partial charge in [0.15, 0.2) is 0 Å². The Morgan fingerprint density at radius 3 is 2.56 bits per heavy atom. The van der Waals surface area contributed by atoms with Crippen LogP contribution in [-0.2, 0) is 5.60 Å². The van der Waals surface area contributed by atoms with E-state index in [9.17, 15) is 5.11 Å². The Morgan fingerprint density at radius 2 is 2.06 bits per heavy atom. The first-order valence-corrected chi connectivity index (χ1v) is 6.13. The first-order chi connectivity index (χ1) is 7.60. The molecule has 1 aliphatic carbocycles. The molecule has 0 unspecified atom stereocenters. The molecule has 1 N–H and O–H groups in total. The first kappa shape index (κ1) is 11.7. The van der Waals surface area contributed by atoms with E-state index in [0.29, 0.717) is 12.4 Å². The van der Waals surface area contributed by atoms with Crippen LogP contribution in [-0.4, -0.2) is 18.8 Å². The minimum Gasteiger partial charge on any atom is -0.495 e. The highest BCUT2D eigenvalue weighted by atomic mass is 79.9. The van der Waals surface area contributed by atoms with E-state index in [1.165, 1.54) is 0 Å². The lowest BCUT2D eigenvalue weighted by Crippen LogP contribution is -2.08. The van der Waals surface area contributed by atoms with Crippen molar-refractivity contribution >= 4 is 15.9 Å². The van der Waals surface area contributed by atoms with Gasteiger partial charge in [-0.3, -0.25) is 0 Å². The highest BCUT2D eigenvalue weighted by Gasteiger charge is 2.44. The maximum atomic E-state index is 10.2. The molecule has 0 aromatic heterocycles. The van der Waals surface area contributed by atoms with Gasteiger partial charge < -0.3 is 14.6 Å². The maximum absolute atomic E-state index is 10.2. The SMILES string of the molecule is CCOc1cc(OC)c(Br)cc1C1(O)CC1. The quantitative estimate of drug-likeness (QED) is 0.925. The van der Waals surface area contributed by atoms with E-state index in [1.54, 1.807) is 7.11 Å². The molecule has 3 nitrogen and oxygen atoms in total. The van der Waals surface area contributed by atoms with Crippen molar-refractivity contribution in [2.75, 3.05) is 13.7 Å². The molecule has 0 heterocycles. The highest BCUT2D eigenvalue weighted by Crippen LogP contribution is 2.50. The summed E-state index contributed by atoms with van der Waals surface area (Å²) in [4.78, 5) is 0. The molecule has 4 heteroatoms. The average Bonchev–Trinajstić information content (AvgIpc) is 3.00. The number of rotatable bonds is 4. The molecule has 0 spiro atoms. The second kappa shape index (κ2) is 4.26. The van der Waals surface area contributed by atoms with Crippen molar-refractivity contribution in [3.8, 4) is 11.5 Å². The van der Waals surface area contributed by atoms with Crippen molar-refractivity contribution in [3.63, 3.8) is 0 Å². The van der Waals surface area contributed by atoms with Gasteiger partial charge >= 0.3 is 0 Å². The summed E-state index contributed by atoms with van der Waals surface area (Å²) in [6, 6.07) is 3.70. The number of benzene rings is 1. The molecule has 0 bridgehead atoms. The van der Waals surface area contributed by atoms with Crippen LogP contribution in [0.3, 0.4) is 0 Å². The topological polar surface area (TPSA) is 38.7 Å². The Morgan fingerprint density at radius 1 is 1.38 bits per heavy atom. The Labute approximate surface area is 104 Å². The molecule has 1 fully saturated rings. The summed E-state index contributed by atoms with van der Waals surface area (Å²) in [7, 11) is 1.61. The van der Waals surface area contributed by atoms with Crippen molar-refractivity contribution in [2.45, 2.75) is 25.4 Å². The molecule has 1 aromatic carbocycles. The van der Waals surface area contributed by atoms with Crippen LogP contribution < -0.4 is 9.47 Å². The molecule has 0 saturated heterocycles. The lowest BCUT2D eigenvalue weighted by atomic mass is 10.1. The molecule has 16 heavy (non-hydrogen) atoms. The zero-order chi connectivity index (χ0) is 11.8. The Hall–Kier alpha value is -0.740. The van der Waals surface area contributed by atoms with Crippen LogP contribution >= 0.6 is 15.9 Å². The summed E-state index contributed by atoms with van der Waals surface area (Å²) in [5.41, 5.74) is 0.154. The van der Waals surface area contributed by atoms with Gasteiger partial charge in [-0.1, -0.05) is 0 Å². The summed E-state index contributed by atoms with van der Waals surface area (Å²) in [5, 5.41) is 10.2. The van der Waals surface area contributed by atoms with Crippen LogP contribution in [0, 0.1) is 0 Å². The summed E-state index contributed by atoms with van der Waals surface area (Å²) in [6.45, 7) is 2.50.